The number of hydrogen-bond donors (Lipinski definition) is 1. The van der Waals surface area contributed by atoms with Crippen LogP contribution in [0.25, 0.3) is 0 Å². The Morgan fingerprint density at radius 1 is 1.19 bits per heavy atom. The van der Waals surface area contributed by atoms with Gasteiger partial charge in [-0.05, 0) is 76.5 Å². The normalized spacial score (nSPS) is 19.7. The van der Waals surface area contributed by atoms with E-state index in [0.717, 1.165) is 31.5 Å². The third kappa shape index (κ3) is 5.33. The molecular weight excluding hydrogens is 260 g/mol. The maximum atomic E-state index is 5.97. The minimum Gasteiger partial charge on any atom is -0.492 e. The lowest BCUT2D eigenvalue weighted by atomic mass is 9.99. The summed E-state index contributed by atoms with van der Waals surface area (Å²) in [5, 5.41) is 3.27. The van der Waals surface area contributed by atoms with Gasteiger partial charge >= 0.3 is 0 Å². The zero-order valence-electron chi connectivity index (χ0n) is 13.8. The molecule has 118 valence electrons. The molecule has 0 aromatic heterocycles. The van der Waals surface area contributed by atoms with E-state index in [1.54, 1.807) is 0 Å². The minimum atomic E-state index is 0.731. The van der Waals surface area contributed by atoms with Gasteiger partial charge in [0.15, 0.2) is 0 Å². The van der Waals surface area contributed by atoms with Crippen molar-refractivity contribution in [1.82, 2.24) is 10.2 Å². The summed E-state index contributed by atoms with van der Waals surface area (Å²) in [6.07, 6.45) is 5.30. The lowest BCUT2D eigenvalue weighted by Gasteiger charge is -2.35. The Hall–Kier alpha value is -1.06. The number of nitrogens with one attached hydrogen (secondary N) is 1. The van der Waals surface area contributed by atoms with E-state index in [1.165, 1.54) is 43.4 Å². The van der Waals surface area contributed by atoms with Crippen molar-refractivity contribution in [1.29, 1.82) is 0 Å². The second-order valence-corrected chi connectivity index (χ2v) is 6.25. The molecule has 3 nitrogen and oxygen atoms in total. The zero-order valence-corrected chi connectivity index (χ0v) is 13.8. The van der Waals surface area contributed by atoms with Crippen molar-refractivity contribution in [2.24, 2.45) is 0 Å². The second-order valence-electron chi connectivity index (χ2n) is 6.25. The molecule has 1 aromatic rings. The molecule has 0 radical (unpaired) electrons. The van der Waals surface area contributed by atoms with Gasteiger partial charge in [0.1, 0.15) is 12.4 Å². The lowest BCUT2D eigenvalue weighted by molar-refractivity contribution is 0.117. The monoisotopic (exact) mass is 290 g/mol. The second kappa shape index (κ2) is 8.40. The van der Waals surface area contributed by atoms with Crippen molar-refractivity contribution in [2.75, 3.05) is 33.3 Å². The van der Waals surface area contributed by atoms with E-state index in [2.05, 4.69) is 42.3 Å². The van der Waals surface area contributed by atoms with Crippen molar-refractivity contribution in [3.63, 3.8) is 0 Å². The summed E-state index contributed by atoms with van der Waals surface area (Å²) in [7, 11) is 2.04. The maximum absolute atomic E-state index is 5.97. The fourth-order valence-electron chi connectivity index (χ4n) is 3.29. The molecule has 1 N–H and O–H groups in total. The lowest BCUT2D eigenvalue weighted by Crippen LogP contribution is -2.42. The first-order valence-corrected chi connectivity index (χ1v) is 8.29. The van der Waals surface area contributed by atoms with Crippen LogP contribution in [0.1, 0.15) is 36.8 Å². The standard InChI is InChI=1S/C18H30N2O/c1-15-12-16(2)14-18(13-15)21-11-10-20-9-5-4-6-17(20)7-8-19-3/h12-14,17,19H,4-11H2,1-3H3. The molecular formula is C18H30N2O. The summed E-state index contributed by atoms with van der Waals surface area (Å²) in [5.74, 6) is 1.01. The van der Waals surface area contributed by atoms with Crippen molar-refractivity contribution in [3.8, 4) is 5.75 Å². The van der Waals surface area contributed by atoms with Crippen LogP contribution >= 0.6 is 0 Å². The number of hydrogen-bond acceptors (Lipinski definition) is 3. The number of likely N-dealkylation sites (tertiary alicyclic amines) is 1. The van der Waals surface area contributed by atoms with Gasteiger partial charge in [0.2, 0.25) is 0 Å². The van der Waals surface area contributed by atoms with Crippen molar-refractivity contribution < 1.29 is 4.74 Å². The molecule has 0 bridgehead atoms. The van der Waals surface area contributed by atoms with Crippen LogP contribution in [0.5, 0.6) is 5.75 Å². The Morgan fingerprint density at radius 3 is 2.67 bits per heavy atom. The number of aryl methyl sites for hydroxylation is 2. The van der Waals surface area contributed by atoms with Gasteiger partial charge in [0, 0.05) is 12.6 Å². The molecule has 0 aliphatic carbocycles. The Kier molecular flexibility index (Phi) is 6.52. The molecule has 1 saturated heterocycles. The van der Waals surface area contributed by atoms with E-state index in [4.69, 9.17) is 4.74 Å². The highest BCUT2D eigenvalue weighted by atomic mass is 16.5. The summed E-state index contributed by atoms with van der Waals surface area (Å²) < 4.78 is 5.97. The number of piperidine rings is 1. The quantitative estimate of drug-likeness (QED) is 0.835. The van der Waals surface area contributed by atoms with E-state index in [9.17, 15) is 0 Å². The van der Waals surface area contributed by atoms with Crippen LogP contribution in [0.2, 0.25) is 0 Å². The Balaban J connectivity index is 1.80. The molecule has 3 heteroatoms. The van der Waals surface area contributed by atoms with E-state index < -0.39 is 0 Å². The van der Waals surface area contributed by atoms with Crippen molar-refractivity contribution in [2.45, 2.75) is 45.6 Å². The van der Waals surface area contributed by atoms with Crippen LogP contribution in [-0.4, -0.2) is 44.2 Å². The molecule has 1 heterocycles. The summed E-state index contributed by atoms with van der Waals surface area (Å²) in [6, 6.07) is 7.17. The smallest absolute Gasteiger partial charge is 0.119 e. The maximum Gasteiger partial charge on any atom is 0.119 e. The zero-order chi connectivity index (χ0) is 15.1. The summed E-state index contributed by atoms with van der Waals surface area (Å²) in [4.78, 5) is 2.61. The molecule has 1 aromatic carbocycles. The Labute approximate surface area is 129 Å². The Morgan fingerprint density at radius 2 is 1.95 bits per heavy atom. The predicted molar refractivity (Wildman–Crippen MR) is 89.2 cm³/mol. The molecule has 0 saturated carbocycles. The highest BCUT2D eigenvalue weighted by molar-refractivity contribution is 5.32. The van der Waals surface area contributed by atoms with Gasteiger partial charge in [-0.25, -0.2) is 0 Å². The highest BCUT2D eigenvalue weighted by Gasteiger charge is 2.21. The van der Waals surface area contributed by atoms with E-state index in [-0.39, 0.29) is 0 Å². The number of benzene rings is 1. The van der Waals surface area contributed by atoms with Crippen molar-refractivity contribution in [3.05, 3.63) is 29.3 Å². The minimum absolute atomic E-state index is 0.731. The largest absolute Gasteiger partial charge is 0.492 e. The summed E-state index contributed by atoms with van der Waals surface area (Å²) >= 11 is 0. The molecule has 0 spiro atoms. The molecule has 1 aliphatic rings. The first kappa shape index (κ1) is 16.3. The number of ether oxygens (including phenoxy) is 1. The summed E-state index contributed by atoms with van der Waals surface area (Å²) in [6.45, 7) is 8.42. The Bertz CT molecular complexity index is 413. The topological polar surface area (TPSA) is 24.5 Å². The van der Waals surface area contributed by atoms with Gasteiger partial charge < -0.3 is 10.1 Å². The van der Waals surface area contributed by atoms with Gasteiger partial charge in [0.05, 0.1) is 0 Å². The average molecular weight is 290 g/mol. The third-order valence-electron chi connectivity index (χ3n) is 4.32. The van der Waals surface area contributed by atoms with Gasteiger partial charge in [-0.2, -0.15) is 0 Å². The van der Waals surface area contributed by atoms with Crippen LogP contribution < -0.4 is 10.1 Å². The molecule has 1 fully saturated rings. The third-order valence-corrected chi connectivity index (χ3v) is 4.32. The van der Waals surface area contributed by atoms with Crippen LogP contribution in [-0.2, 0) is 0 Å². The van der Waals surface area contributed by atoms with Gasteiger partial charge in [-0.15, -0.1) is 0 Å². The fourth-order valence-corrected chi connectivity index (χ4v) is 3.29. The molecule has 1 aliphatic heterocycles. The van der Waals surface area contributed by atoms with Crippen LogP contribution in [0, 0.1) is 13.8 Å². The number of nitrogens with zero attached hydrogens (tertiary/aromatic N) is 1. The van der Waals surface area contributed by atoms with Crippen LogP contribution in [0.4, 0.5) is 0 Å². The molecule has 1 atom stereocenters. The fraction of sp³-hybridized carbons (Fsp3) is 0.667. The molecule has 0 amide bonds. The van der Waals surface area contributed by atoms with Gasteiger partial charge in [-0.3, -0.25) is 4.90 Å². The molecule has 21 heavy (non-hydrogen) atoms. The number of rotatable bonds is 7. The van der Waals surface area contributed by atoms with Crippen molar-refractivity contribution >= 4 is 0 Å². The molecule has 1 unspecified atom stereocenters. The van der Waals surface area contributed by atoms with Gasteiger partial charge in [0.25, 0.3) is 0 Å². The van der Waals surface area contributed by atoms with E-state index in [1.807, 2.05) is 7.05 Å². The SMILES string of the molecule is CNCCC1CCCCN1CCOc1cc(C)cc(C)c1. The average Bonchev–Trinajstić information content (AvgIpc) is 2.45. The first-order valence-electron chi connectivity index (χ1n) is 8.29. The van der Waals surface area contributed by atoms with E-state index >= 15 is 0 Å². The van der Waals surface area contributed by atoms with Crippen LogP contribution in [0.3, 0.4) is 0 Å². The van der Waals surface area contributed by atoms with Crippen LogP contribution in [0.15, 0.2) is 18.2 Å². The predicted octanol–water partition coefficient (Wildman–Crippen LogP) is 3.15. The highest BCUT2D eigenvalue weighted by Crippen LogP contribution is 2.20. The molecule has 2 rings (SSSR count). The first-order chi connectivity index (χ1) is 10.2. The summed E-state index contributed by atoms with van der Waals surface area (Å²) in [5.41, 5.74) is 2.55. The van der Waals surface area contributed by atoms with Gasteiger partial charge in [-0.1, -0.05) is 12.5 Å². The van der Waals surface area contributed by atoms with E-state index in [0.29, 0.717) is 0 Å².